The lowest BCUT2D eigenvalue weighted by atomic mass is 10.2. The zero-order valence-corrected chi connectivity index (χ0v) is 16.1. The molecular formula is C18H17F4N3O4S. The van der Waals surface area contributed by atoms with Gasteiger partial charge >= 0.3 is 12.2 Å². The fourth-order valence-corrected chi connectivity index (χ4v) is 4.35. The molecule has 0 radical (unpaired) electrons. The number of amides is 2. The van der Waals surface area contributed by atoms with Crippen LogP contribution in [0.5, 0.6) is 0 Å². The Bertz CT molecular complexity index is 1010. The standard InChI is InChI=1S/C18H17F4N3O4S/c19-13-4-6-14(7-5-13)23-17(26)24-29-15-8-9-25(11-15)30(27,28)16-3-1-2-12(10-16)18(20,21)22/h1-7,10,15H,8-9,11H2,(H2,23,24,26)/t15-/m0/s1. The first-order chi connectivity index (χ1) is 14.1. The van der Waals surface area contributed by atoms with Gasteiger partial charge < -0.3 is 5.32 Å². The van der Waals surface area contributed by atoms with Crippen LogP contribution < -0.4 is 10.8 Å². The molecule has 1 aliphatic heterocycles. The second-order valence-corrected chi connectivity index (χ2v) is 8.42. The summed E-state index contributed by atoms with van der Waals surface area (Å²) in [6.45, 7) is -0.125. The zero-order chi connectivity index (χ0) is 21.9. The summed E-state index contributed by atoms with van der Waals surface area (Å²) in [5.41, 5.74) is 1.37. The normalized spacial score (nSPS) is 17.7. The van der Waals surface area contributed by atoms with Crippen molar-refractivity contribution in [3.63, 3.8) is 0 Å². The first kappa shape index (κ1) is 22.0. The van der Waals surface area contributed by atoms with Gasteiger partial charge in [0.1, 0.15) is 11.9 Å². The summed E-state index contributed by atoms with van der Waals surface area (Å²) in [5, 5.41) is 2.40. The van der Waals surface area contributed by atoms with E-state index in [9.17, 15) is 30.8 Å². The Morgan fingerprint density at radius 2 is 1.83 bits per heavy atom. The molecule has 12 heteroatoms. The van der Waals surface area contributed by atoms with Crippen LogP contribution in [0.4, 0.5) is 28.0 Å². The smallest absolute Gasteiger partial charge is 0.306 e. The van der Waals surface area contributed by atoms with Crippen molar-refractivity contribution < 1.29 is 35.6 Å². The number of nitrogens with one attached hydrogen (secondary N) is 2. The molecule has 1 heterocycles. The number of urea groups is 1. The SMILES string of the molecule is O=C(NO[C@H]1CCN(S(=O)(=O)c2cccc(C(F)(F)F)c2)C1)Nc1ccc(F)cc1. The molecular weight excluding hydrogens is 430 g/mol. The van der Waals surface area contributed by atoms with Crippen molar-refractivity contribution in [2.24, 2.45) is 0 Å². The number of carbonyl (C=O) groups excluding carboxylic acids is 1. The van der Waals surface area contributed by atoms with Crippen molar-refractivity contribution >= 4 is 21.7 Å². The van der Waals surface area contributed by atoms with E-state index in [1.165, 1.54) is 12.1 Å². The van der Waals surface area contributed by atoms with E-state index < -0.39 is 44.6 Å². The predicted molar refractivity (Wildman–Crippen MR) is 98.2 cm³/mol. The van der Waals surface area contributed by atoms with E-state index in [2.05, 4.69) is 10.8 Å². The van der Waals surface area contributed by atoms with Crippen LogP contribution in [0.2, 0.25) is 0 Å². The Balaban J connectivity index is 1.57. The number of carbonyl (C=O) groups is 1. The van der Waals surface area contributed by atoms with Crippen LogP contribution >= 0.6 is 0 Å². The van der Waals surface area contributed by atoms with Crippen LogP contribution in [0.1, 0.15) is 12.0 Å². The minimum Gasteiger partial charge on any atom is -0.306 e. The molecule has 0 aromatic heterocycles. The number of hydroxylamine groups is 1. The summed E-state index contributed by atoms with van der Waals surface area (Å²) in [5.74, 6) is -0.467. The molecule has 162 valence electrons. The van der Waals surface area contributed by atoms with Gasteiger partial charge in [0, 0.05) is 18.8 Å². The lowest BCUT2D eigenvalue weighted by Crippen LogP contribution is -2.35. The van der Waals surface area contributed by atoms with Gasteiger partial charge in [-0.2, -0.15) is 17.5 Å². The second kappa shape index (κ2) is 8.58. The third-order valence-corrected chi connectivity index (χ3v) is 6.19. The molecule has 1 fully saturated rings. The maximum atomic E-state index is 12.9. The predicted octanol–water partition coefficient (Wildman–Crippen LogP) is 3.36. The number of nitrogens with zero attached hydrogens (tertiary/aromatic N) is 1. The van der Waals surface area contributed by atoms with E-state index in [0.29, 0.717) is 11.8 Å². The van der Waals surface area contributed by atoms with Gasteiger partial charge in [0.2, 0.25) is 10.0 Å². The lowest BCUT2D eigenvalue weighted by Gasteiger charge is -2.18. The van der Waals surface area contributed by atoms with E-state index in [1.54, 1.807) is 0 Å². The minimum atomic E-state index is -4.66. The second-order valence-electron chi connectivity index (χ2n) is 6.48. The molecule has 1 atom stereocenters. The van der Waals surface area contributed by atoms with Gasteiger partial charge in [-0.3, -0.25) is 4.84 Å². The van der Waals surface area contributed by atoms with E-state index >= 15 is 0 Å². The topological polar surface area (TPSA) is 87.7 Å². The number of sulfonamides is 1. The first-order valence-corrected chi connectivity index (χ1v) is 10.2. The van der Waals surface area contributed by atoms with Crippen molar-refractivity contribution in [3.8, 4) is 0 Å². The molecule has 2 aromatic carbocycles. The molecule has 1 aliphatic rings. The van der Waals surface area contributed by atoms with Gasteiger partial charge in [0.05, 0.1) is 10.5 Å². The van der Waals surface area contributed by atoms with Crippen LogP contribution in [-0.2, 0) is 21.0 Å². The molecule has 2 N–H and O–H groups in total. The quantitative estimate of drug-likeness (QED) is 0.544. The Morgan fingerprint density at radius 1 is 1.13 bits per heavy atom. The molecule has 3 rings (SSSR count). The summed E-state index contributed by atoms with van der Waals surface area (Å²) in [6, 6.07) is 7.74. The summed E-state index contributed by atoms with van der Waals surface area (Å²) < 4.78 is 77.7. The summed E-state index contributed by atoms with van der Waals surface area (Å²) in [4.78, 5) is 16.5. The average molecular weight is 447 g/mol. The van der Waals surface area contributed by atoms with E-state index in [4.69, 9.17) is 4.84 Å². The highest BCUT2D eigenvalue weighted by atomic mass is 32.2. The maximum absolute atomic E-state index is 12.9. The Morgan fingerprint density at radius 3 is 2.50 bits per heavy atom. The average Bonchev–Trinajstić information content (AvgIpc) is 3.18. The van der Waals surface area contributed by atoms with Gasteiger partial charge in [-0.25, -0.2) is 23.1 Å². The third kappa shape index (κ3) is 5.26. The zero-order valence-electron chi connectivity index (χ0n) is 15.3. The van der Waals surface area contributed by atoms with Crippen LogP contribution in [-0.4, -0.2) is 37.9 Å². The van der Waals surface area contributed by atoms with Crippen molar-refractivity contribution in [2.45, 2.75) is 23.6 Å². The molecule has 0 saturated carbocycles. The number of alkyl halides is 3. The highest BCUT2D eigenvalue weighted by Gasteiger charge is 2.36. The lowest BCUT2D eigenvalue weighted by molar-refractivity contribution is -0.137. The van der Waals surface area contributed by atoms with Crippen LogP contribution in [0.3, 0.4) is 0 Å². The van der Waals surface area contributed by atoms with Crippen molar-refractivity contribution in [2.75, 3.05) is 18.4 Å². The number of anilines is 1. The van der Waals surface area contributed by atoms with Crippen molar-refractivity contribution in [3.05, 3.63) is 59.9 Å². The number of hydrogen-bond donors (Lipinski definition) is 2. The molecule has 7 nitrogen and oxygen atoms in total. The van der Waals surface area contributed by atoms with Gasteiger partial charge in [0.25, 0.3) is 0 Å². The summed E-state index contributed by atoms with van der Waals surface area (Å²) >= 11 is 0. The first-order valence-electron chi connectivity index (χ1n) is 8.71. The Kier molecular flexibility index (Phi) is 6.29. The Hall–Kier alpha value is -2.70. The number of rotatable bonds is 5. The molecule has 0 bridgehead atoms. The molecule has 1 saturated heterocycles. The molecule has 2 amide bonds. The van der Waals surface area contributed by atoms with E-state index in [-0.39, 0.29) is 19.5 Å². The molecule has 2 aromatic rings. The van der Waals surface area contributed by atoms with Crippen LogP contribution in [0, 0.1) is 5.82 Å². The van der Waals surface area contributed by atoms with Crippen LogP contribution in [0.25, 0.3) is 0 Å². The summed E-state index contributed by atoms with van der Waals surface area (Å²) in [7, 11) is -4.16. The fourth-order valence-electron chi connectivity index (χ4n) is 2.82. The number of benzene rings is 2. The fraction of sp³-hybridized carbons (Fsp3) is 0.278. The number of hydrogen-bond acceptors (Lipinski definition) is 4. The Labute approximate surface area is 169 Å². The van der Waals surface area contributed by atoms with Crippen molar-refractivity contribution in [1.29, 1.82) is 0 Å². The molecule has 0 aliphatic carbocycles. The third-order valence-electron chi connectivity index (χ3n) is 4.33. The van der Waals surface area contributed by atoms with Gasteiger partial charge in [-0.05, 0) is 48.9 Å². The molecule has 0 unspecified atom stereocenters. The van der Waals surface area contributed by atoms with E-state index in [1.807, 2.05) is 0 Å². The monoisotopic (exact) mass is 447 g/mol. The van der Waals surface area contributed by atoms with E-state index in [0.717, 1.165) is 34.6 Å². The highest BCUT2D eigenvalue weighted by molar-refractivity contribution is 7.89. The van der Waals surface area contributed by atoms with Gasteiger partial charge in [0.15, 0.2) is 0 Å². The molecule has 0 spiro atoms. The number of halogens is 4. The highest BCUT2D eigenvalue weighted by Crippen LogP contribution is 2.31. The summed E-state index contributed by atoms with van der Waals surface area (Å²) in [6.07, 6.45) is -5.12. The maximum Gasteiger partial charge on any atom is 0.416 e. The van der Waals surface area contributed by atoms with Gasteiger partial charge in [-0.1, -0.05) is 6.07 Å². The molecule has 30 heavy (non-hydrogen) atoms. The van der Waals surface area contributed by atoms with Crippen LogP contribution in [0.15, 0.2) is 53.4 Å². The van der Waals surface area contributed by atoms with Gasteiger partial charge in [-0.15, -0.1) is 0 Å². The minimum absolute atomic E-state index is 0.0184. The van der Waals surface area contributed by atoms with Crippen molar-refractivity contribution in [1.82, 2.24) is 9.79 Å². The largest absolute Gasteiger partial charge is 0.416 e.